The number of hydrogen-bond acceptors (Lipinski definition) is 3. The number of hydrogen-bond donors (Lipinski definition) is 2. The lowest BCUT2D eigenvalue weighted by Crippen LogP contribution is -2.22. The first-order valence-corrected chi connectivity index (χ1v) is 10.9. The number of aromatic amines is 1. The van der Waals surface area contributed by atoms with Crippen LogP contribution >= 0.6 is 0 Å². The topological polar surface area (TPSA) is 67.0 Å². The maximum Gasteiger partial charge on any atom is 0.251 e. The summed E-state index contributed by atoms with van der Waals surface area (Å²) < 4.78 is 5.17. The maximum atomic E-state index is 12.6. The second kappa shape index (κ2) is 8.71. The van der Waals surface area contributed by atoms with E-state index >= 15 is 0 Å². The third kappa shape index (κ3) is 3.89. The zero-order valence-corrected chi connectivity index (χ0v) is 18.0. The molecule has 0 unspecified atom stereocenters. The third-order valence-corrected chi connectivity index (χ3v) is 6.06. The van der Waals surface area contributed by atoms with Gasteiger partial charge in [-0.3, -0.25) is 9.89 Å². The van der Waals surface area contributed by atoms with E-state index in [0.29, 0.717) is 12.1 Å². The van der Waals surface area contributed by atoms with Crippen LogP contribution in [0.15, 0.2) is 72.8 Å². The van der Waals surface area contributed by atoms with Crippen molar-refractivity contribution in [1.29, 1.82) is 0 Å². The Morgan fingerprint density at radius 2 is 1.78 bits per heavy atom. The minimum absolute atomic E-state index is 0.0952. The minimum Gasteiger partial charge on any atom is -0.497 e. The Labute approximate surface area is 187 Å². The summed E-state index contributed by atoms with van der Waals surface area (Å²) in [6.07, 6.45) is 3.16. The van der Waals surface area contributed by atoms with Gasteiger partial charge in [0.25, 0.3) is 5.91 Å². The van der Waals surface area contributed by atoms with Crippen LogP contribution in [0.3, 0.4) is 0 Å². The number of amides is 1. The van der Waals surface area contributed by atoms with Crippen molar-refractivity contribution in [3.63, 3.8) is 0 Å². The Hall–Kier alpha value is -3.86. The first-order valence-electron chi connectivity index (χ1n) is 10.9. The van der Waals surface area contributed by atoms with Gasteiger partial charge in [0.15, 0.2) is 0 Å². The molecule has 5 nitrogen and oxygen atoms in total. The molecule has 2 N–H and O–H groups in total. The molecule has 0 fully saturated rings. The van der Waals surface area contributed by atoms with Gasteiger partial charge in [-0.25, -0.2) is 0 Å². The zero-order chi connectivity index (χ0) is 21.9. The summed E-state index contributed by atoms with van der Waals surface area (Å²) in [7, 11) is 1.64. The number of carbonyl (C=O) groups excluding carboxylic acids is 1. The molecule has 0 aliphatic heterocycles. The Morgan fingerprint density at radius 3 is 2.56 bits per heavy atom. The van der Waals surface area contributed by atoms with Gasteiger partial charge in [0.1, 0.15) is 5.75 Å². The Kier molecular flexibility index (Phi) is 5.46. The summed E-state index contributed by atoms with van der Waals surface area (Å²) in [5.41, 5.74) is 8.64. The molecule has 4 aromatic rings. The average Bonchev–Trinajstić information content (AvgIpc) is 3.18. The normalized spacial score (nSPS) is 12.4. The van der Waals surface area contributed by atoms with Crippen LogP contribution in [0.1, 0.15) is 33.5 Å². The number of nitrogens with one attached hydrogen (secondary N) is 2. The van der Waals surface area contributed by atoms with Crippen LogP contribution in [0.2, 0.25) is 0 Å². The summed E-state index contributed by atoms with van der Waals surface area (Å²) in [5.74, 6) is 0.706. The second-order valence-electron chi connectivity index (χ2n) is 8.04. The van der Waals surface area contributed by atoms with Crippen LogP contribution in [0, 0.1) is 0 Å². The molecule has 1 aliphatic carbocycles. The molecular formula is C27H25N3O2. The van der Waals surface area contributed by atoms with E-state index in [1.165, 1.54) is 16.7 Å². The highest BCUT2D eigenvalue weighted by atomic mass is 16.5. The Morgan fingerprint density at radius 1 is 1.00 bits per heavy atom. The molecule has 0 radical (unpaired) electrons. The number of aromatic nitrogens is 2. The summed E-state index contributed by atoms with van der Waals surface area (Å²) in [5, 5.41) is 10.9. The summed E-state index contributed by atoms with van der Waals surface area (Å²) >= 11 is 0. The van der Waals surface area contributed by atoms with Gasteiger partial charge in [0.2, 0.25) is 0 Å². The van der Waals surface area contributed by atoms with E-state index in [0.717, 1.165) is 47.5 Å². The molecule has 0 atom stereocenters. The molecule has 0 spiro atoms. The fraction of sp³-hybridized carbons (Fsp3) is 0.185. The highest BCUT2D eigenvalue weighted by Gasteiger charge is 2.21. The molecule has 1 aliphatic rings. The largest absolute Gasteiger partial charge is 0.497 e. The molecule has 5 rings (SSSR count). The van der Waals surface area contributed by atoms with Gasteiger partial charge in [-0.2, -0.15) is 5.10 Å². The standard InChI is InChI=1S/C27H25N3O2/c1-32-22-15-9-18(10-16-22)17-28-27(31)21-13-11-20(12-14-21)25-24-8-4-6-19-5-2-3-7-23(19)26(24)30-29-25/h2-3,5,7,9-16H,4,6,8,17H2,1H3,(H,28,31)(H,29,30). The van der Waals surface area contributed by atoms with Crippen molar-refractivity contribution < 1.29 is 9.53 Å². The lowest BCUT2D eigenvalue weighted by atomic mass is 9.99. The van der Waals surface area contributed by atoms with Gasteiger partial charge in [-0.05, 0) is 54.7 Å². The first-order chi connectivity index (χ1) is 15.7. The third-order valence-electron chi connectivity index (χ3n) is 6.06. The number of methoxy groups -OCH3 is 1. The molecular weight excluding hydrogens is 398 g/mol. The number of benzene rings is 3. The molecule has 32 heavy (non-hydrogen) atoms. The number of ether oxygens (including phenoxy) is 1. The molecule has 1 heterocycles. The van der Waals surface area contributed by atoms with E-state index < -0.39 is 0 Å². The van der Waals surface area contributed by atoms with Gasteiger partial charge in [-0.1, -0.05) is 48.5 Å². The minimum atomic E-state index is -0.0952. The quantitative estimate of drug-likeness (QED) is 0.465. The number of rotatable bonds is 5. The van der Waals surface area contributed by atoms with Crippen molar-refractivity contribution in [1.82, 2.24) is 15.5 Å². The van der Waals surface area contributed by atoms with Crippen molar-refractivity contribution in [3.05, 3.63) is 95.1 Å². The molecule has 3 aromatic carbocycles. The maximum absolute atomic E-state index is 12.6. The molecule has 0 saturated heterocycles. The van der Waals surface area contributed by atoms with Crippen LogP contribution in [0.25, 0.3) is 22.5 Å². The second-order valence-corrected chi connectivity index (χ2v) is 8.04. The van der Waals surface area contributed by atoms with E-state index in [-0.39, 0.29) is 5.91 Å². The Bertz CT molecular complexity index is 1240. The fourth-order valence-corrected chi connectivity index (χ4v) is 4.32. The van der Waals surface area contributed by atoms with E-state index in [2.05, 4.69) is 39.8 Å². The molecule has 1 aromatic heterocycles. The van der Waals surface area contributed by atoms with Gasteiger partial charge < -0.3 is 10.1 Å². The fourth-order valence-electron chi connectivity index (χ4n) is 4.32. The molecule has 0 saturated carbocycles. The van der Waals surface area contributed by atoms with Crippen molar-refractivity contribution in [2.75, 3.05) is 7.11 Å². The predicted molar refractivity (Wildman–Crippen MR) is 126 cm³/mol. The SMILES string of the molecule is COc1ccc(CNC(=O)c2ccc(-c3n[nH]c4c3CCCc3ccccc3-4)cc2)cc1. The van der Waals surface area contributed by atoms with Gasteiger partial charge in [0, 0.05) is 28.8 Å². The molecule has 5 heteroatoms. The lowest BCUT2D eigenvalue weighted by molar-refractivity contribution is 0.0951. The van der Waals surface area contributed by atoms with E-state index in [1.807, 2.05) is 48.5 Å². The molecule has 160 valence electrons. The number of nitrogens with zero attached hydrogens (tertiary/aromatic N) is 1. The van der Waals surface area contributed by atoms with Crippen molar-refractivity contribution in [2.24, 2.45) is 0 Å². The number of aryl methyl sites for hydroxylation is 1. The van der Waals surface area contributed by atoms with Gasteiger partial charge >= 0.3 is 0 Å². The molecule has 1 amide bonds. The van der Waals surface area contributed by atoms with Gasteiger partial charge in [0.05, 0.1) is 18.5 Å². The van der Waals surface area contributed by atoms with Crippen LogP contribution in [-0.4, -0.2) is 23.2 Å². The van der Waals surface area contributed by atoms with E-state index in [1.54, 1.807) is 7.11 Å². The first kappa shape index (κ1) is 20.1. The number of carbonyl (C=O) groups is 1. The number of H-pyrrole nitrogens is 1. The molecule has 0 bridgehead atoms. The van der Waals surface area contributed by atoms with Crippen molar-refractivity contribution in [2.45, 2.75) is 25.8 Å². The predicted octanol–water partition coefficient (Wildman–Crippen LogP) is 5.17. The highest BCUT2D eigenvalue weighted by molar-refractivity contribution is 5.94. The summed E-state index contributed by atoms with van der Waals surface area (Å²) in [6, 6.07) is 23.9. The monoisotopic (exact) mass is 423 g/mol. The summed E-state index contributed by atoms with van der Waals surface area (Å²) in [6.45, 7) is 0.469. The highest BCUT2D eigenvalue weighted by Crippen LogP contribution is 2.36. The smallest absolute Gasteiger partial charge is 0.251 e. The summed E-state index contributed by atoms with van der Waals surface area (Å²) in [4.78, 5) is 12.6. The van der Waals surface area contributed by atoms with Crippen molar-refractivity contribution >= 4 is 5.91 Å². The van der Waals surface area contributed by atoms with Crippen LogP contribution < -0.4 is 10.1 Å². The van der Waals surface area contributed by atoms with Crippen LogP contribution in [-0.2, 0) is 19.4 Å². The lowest BCUT2D eigenvalue weighted by Gasteiger charge is -2.08. The van der Waals surface area contributed by atoms with Gasteiger partial charge in [-0.15, -0.1) is 0 Å². The average molecular weight is 424 g/mol. The zero-order valence-electron chi connectivity index (χ0n) is 18.0. The number of fused-ring (bicyclic) bond motifs is 3. The van der Waals surface area contributed by atoms with Crippen molar-refractivity contribution in [3.8, 4) is 28.3 Å². The van der Waals surface area contributed by atoms with Crippen LogP contribution in [0.4, 0.5) is 0 Å². The van der Waals surface area contributed by atoms with Crippen LogP contribution in [0.5, 0.6) is 5.75 Å². The van der Waals surface area contributed by atoms with E-state index in [9.17, 15) is 4.79 Å². The van der Waals surface area contributed by atoms with E-state index in [4.69, 9.17) is 4.74 Å². The Balaban J connectivity index is 1.32.